The van der Waals surface area contributed by atoms with E-state index >= 15 is 0 Å². The third-order valence-corrected chi connectivity index (χ3v) is 6.16. The minimum Gasteiger partial charge on any atom is -0.457 e. The number of nitrogens with one attached hydrogen (secondary N) is 1. The van der Waals surface area contributed by atoms with Crippen molar-refractivity contribution in [3.05, 3.63) is 70.8 Å². The lowest BCUT2D eigenvalue weighted by Crippen LogP contribution is -2.59. The van der Waals surface area contributed by atoms with Crippen LogP contribution in [0.2, 0.25) is 5.02 Å². The molecule has 5 rings (SSSR count). The number of halogens is 2. The summed E-state index contributed by atoms with van der Waals surface area (Å²) in [4.78, 5) is 14.7. The van der Waals surface area contributed by atoms with E-state index in [-0.39, 0.29) is 23.8 Å². The largest absolute Gasteiger partial charge is 0.457 e. The van der Waals surface area contributed by atoms with Gasteiger partial charge in [0, 0.05) is 29.7 Å². The highest BCUT2D eigenvalue weighted by atomic mass is 35.5. The third-order valence-electron chi connectivity index (χ3n) is 5.92. The van der Waals surface area contributed by atoms with Crippen molar-refractivity contribution in [3.8, 4) is 11.5 Å². The molecule has 1 saturated heterocycles. The minimum atomic E-state index is -0.314. The van der Waals surface area contributed by atoms with Crippen molar-refractivity contribution in [3.63, 3.8) is 0 Å². The van der Waals surface area contributed by atoms with Gasteiger partial charge in [-0.15, -0.1) is 5.10 Å². The van der Waals surface area contributed by atoms with Crippen molar-refractivity contribution >= 4 is 17.5 Å². The normalized spacial score (nSPS) is 17.6. The zero-order chi connectivity index (χ0) is 22.2. The molecule has 0 spiro atoms. The second-order valence-corrected chi connectivity index (χ2v) is 8.79. The summed E-state index contributed by atoms with van der Waals surface area (Å²) < 4.78 is 21.0. The van der Waals surface area contributed by atoms with E-state index in [1.165, 1.54) is 12.1 Å². The van der Waals surface area contributed by atoms with Gasteiger partial charge >= 0.3 is 0 Å². The number of rotatable bonds is 7. The molecule has 2 heterocycles. The number of likely N-dealkylation sites (tertiary alicyclic amines) is 1. The van der Waals surface area contributed by atoms with Crippen molar-refractivity contribution < 1.29 is 13.9 Å². The van der Waals surface area contributed by atoms with Crippen LogP contribution >= 0.6 is 11.6 Å². The lowest BCUT2D eigenvalue weighted by molar-refractivity contribution is 0.0667. The van der Waals surface area contributed by atoms with Crippen LogP contribution in [0.3, 0.4) is 0 Å². The quantitative estimate of drug-likeness (QED) is 0.572. The average molecular weight is 456 g/mol. The number of ether oxygens (including phenoxy) is 1. The van der Waals surface area contributed by atoms with Crippen LogP contribution in [0.4, 0.5) is 4.39 Å². The fourth-order valence-corrected chi connectivity index (χ4v) is 4.02. The molecule has 3 aromatic rings. The number of amides is 1. The van der Waals surface area contributed by atoms with Gasteiger partial charge in [0.1, 0.15) is 17.3 Å². The van der Waals surface area contributed by atoms with Crippen molar-refractivity contribution in [1.29, 1.82) is 0 Å². The van der Waals surface area contributed by atoms with Crippen molar-refractivity contribution in [2.75, 3.05) is 13.1 Å². The predicted octanol–water partition coefficient (Wildman–Crippen LogP) is 4.37. The van der Waals surface area contributed by atoms with Gasteiger partial charge in [-0.1, -0.05) is 16.8 Å². The molecule has 1 saturated carbocycles. The Kier molecular flexibility index (Phi) is 5.57. The Morgan fingerprint density at radius 2 is 1.97 bits per heavy atom. The summed E-state index contributed by atoms with van der Waals surface area (Å²) in [6, 6.07) is 11.8. The highest BCUT2D eigenvalue weighted by molar-refractivity contribution is 6.30. The molecule has 2 aliphatic rings. The summed E-state index contributed by atoms with van der Waals surface area (Å²) in [7, 11) is 0. The molecule has 166 valence electrons. The number of nitrogens with zero attached hydrogens (tertiary/aromatic N) is 4. The Balaban J connectivity index is 1.21. The summed E-state index contributed by atoms with van der Waals surface area (Å²) in [6.45, 7) is 3.47. The Hall–Kier alpha value is -2.97. The Bertz CT molecular complexity index is 1130. The van der Waals surface area contributed by atoms with Gasteiger partial charge in [-0.05, 0) is 62.2 Å². The highest BCUT2D eigenvalue weighted by Crippen LogP contribution is 2.36. The lowest BCUT2D eigenvalue weighted by Gasteiger charge is -2.43. The fourth-order valence-electron chi connectivity index (χ4n) is 3.84. The summed E-state index contributed by atoms with van der Waals surface area (Å²) >= 11 is 6.25. The van der Waals surface area contributed by atoms with Crippen LogP contribution in [0.15, 0.2) is 48.7 Å². The standard InChI is InChI=1S/C23H23ClFN5O2/c1-14(20-10-15(24)2-9-22(20)32-19-7-3-16(25)4-8-19)29-11-17(12-29)26-23(31)21-13-30(28-27-21)18-5-6-18/h2-4,7-10,13-14,17-18H,5-6,11-12H2,1H3,(H,26,31). The first kappa shape index (κ1) is 20.9. The molecule has 1 aliphatic heterocycles. The number of carbonyl (C=O) groups excluding carboxylic acids is 1. The van der Waals surface area contributed by atoms with Crippen LogP contribution in [-0.2, 0) is 0 Å². The number of aromatic nitrogens is 3. The van der Waals surface area contributed by atoms with Crippen LogP contribution in [0, 0.1) is 5.82 Å². The van der Waals surface area contributed by atoms with E-state index < -0.39 is 0 Å². The summed E-state index contributed by atoms with van der Waals surface area (Å²) in [5, 5.41) is 11.7. The number of hydrogen-bond donors (Lipinski definition) is 1. The maximum Gasteiger partial charge on any atom is 0.273 e. The van der Waals surface area contributed by atoms with Gasteiger partial charge in [-0.2, -0.15) is 0 Å². The van der Waals surface area contributed by atoms with Crippen LogP contribution in [0.25, 0.3) is 0 Å². The first-order valence-corrected chi connectivity index (χ1v) is 11.0. The number of carbonyl (C=O) groups is 1. The van der Waals surface area contributed by atoms with E-state index in [1.54, 1.807) is 29.1 Å². The average Bonchev–Trinajstić information content (AvgIpc) is 3.49. The predicted molar refractivity (Wildman–Crippen MR) is 117 cm³/mol. The van der Waals surface area contributed by atoms with Crippen molar-refractivity contribution in [2.45, 2.75) is 37.9 Å². The van der Waals surface area contributed by atoms with Crippen LogP contribution in [0.1, 0.15) is 47.9 Å². The Morgan fingerprint density at radius 3 is 2.69 bits per heavy atom. The van der Waals surface area contributed by atoms with Crippen LogP contribution in [-0.4, -0.2) is 44.9 Å². The number of hydrogen-bond acceptors (Lipinski definition) is 5. The third kappa shape index (κ3) is 4.47. The highest BCUT2D eigenvalue weighted by Gasteiger charge is 2.34. The molecule has 0 bridgehead atoms. The summed E-state index contributed by atoms with van der Waals surface area (Å²) in [6.07, 6.45) is 3.91. The molecule has 1 N–H and O–H groups in total. The molecular formula is C23H23ClFN5O2. The van der Waals surface area contributed by atoms with Crippen LogP contribution < -0.4 is 10.1 Å². The molecular weight excluding hydrogens is 433 g/mol. The SMILES string of the molecule is CC(c1cc(Cl)ccc1Oc1ccc(F)cc1)N1CC(NC(=O)c2cn(C3CC3)nn2)C1. The first-order valence-electron chi connectivity index (χ1n) is 10.7. The van der Waals surface area contributed by atoms with Crippen LogP contribution in [0.5, 0.6) is 11.5 Å². The smallest absolute Gasteiger partial charge is 0.273 e. The lowest BCUT2D eigenvalue weighted by atomic mass is 9.99. The summed E-state index contributed by atoms with van der Waals surface area (Å²) in [5.41, 5.74) is 1.28. The van der Waals surface area contributed by atoms with E-state index in [2.05, 4.69) is 27.5 Å². The van der Waals surface area contributed by atoms with Gasteiger partial charge < -0.3 is 10.1 Å². The number of benzene rings is 2. The second-order valence-electron chi connectivity index (χ2n) is 8.35. The molecule has 1 aliphatic carbocycles. The van der Waals surface area contributed by atoms with Gasteiger partial charge in [0.15, 0.2) is 5.69 Å². The molecule has 1 atom stereocenters. The van der Waals surface area contributed by atoms with Gasteiger partial charge in [0.2, 0.25) is 0 Å². The molecule has 1 amide bonds. The maximum atomic E-state index is 13.2. The second kappa shape index (κ2) is 8.52. The van der Waals surface area contributed by atoms with Crippen molar-refractivity contribution in [1.82, 2.24) is 25.2 Å². The van der Waals surface area contributed by atoms with Gasteiger partial charge in [0.25, 0.3) is 5.91 Å². The zero-order valence-electron chi connectivity index (χ0n) is 17.5. The maximum absolute atomic E-state index is 13.2. The zero-order valence-corrected chi connectivity index (χ0v) is 18.3. The summed E-state index contributed by atoms with van der Waals surface area (Å²) in [5.74, 6) is 0.705. The molecule has 9 heteroatoms. The molecule has 2 fully saturated rings. The fraction of sp³-hybridized carbons (Fsp3) is 0.348. The first-order chi connectivity index (χ1) is 15.5. The van der Waals surface area contributed by atoms with E-state index in [0.717, 1.165) is 18.4 Å². The molecule has 1 aromatic heterocycles. The molecule has 0 radical (unpaired) electrons. The van der Waals surface area contributed by atoms with Gasteiger partial charge in [-0.3, -0.25) is 9.69 Å². The van der Waals surface area contributed by atoms with E-state index in [0.29, 0.717) is 41.3 Å². The van der Waals surface area contributed by atoms with E-state index in [1.807, 2.05) is 12.1 Å². The Labute approximate surface area is 190 Å². The topological polar surface area (TPSA) is 72.3 Å². The van der Waals surface area contributed by atoms with Gasteiger partial charge in [-0.25, -0.2) is 9.07 Å². The van der Waals surface area contributed by atoms with Gasteiger partial charge in [0.05, 0.1) is 18.3 Å². The van der Waals surface area contributed by atoms with Crippen molar-refractivity contribution in [2.24, 2.45) is 0 Å². The Morgan fingerprint density at radius 1 is 1.22 bits per heavy atom. The molecule has 1 unspecified atom stereocenters. The molecule has 2 aromatic carbocycles. The molecule has 7 nitrogen and oxygen atoms in total. The monoisotopic (exact) mass is 455 g/mol. The minimum absolute atomic E-state index is 0.0213. The van der Waals surface area contributed by atoms with E-state index in [4.69, 9.17) is 16.3 Å². The van der Waals surface area contributed by atoms with E-state index in [9.17, 15) is 9.18 Å². The molecule has 32 heavy (non-hydrogen) atoms.